The fraction of sp³-hybridized carbons (Fsp3) is 0. The Labute approximate surface area is 130 Å². The lowest BCUT2D eigenvalue weighted by atomic mass is 10.1. The predicted octanol–water partition coefficient (Wildman–Crippen LogP) is 4.19. The number of pyridine rings is 1. The monoisotopic (exact) mass is 338 g/mol. The van der Waals surface area contributed by atoms with Crippen LogP contribution in [-0.2, 0) is 0 Å². The normalized spacial score (nSPS) is 10.3. The second-order valence-electron chi connectivity index (χ2n) is 4.57. The summed E-state index contributed by atoms with van der Waals surface area (Å²) >= 11 is 3.46. The Balaban J connectivity index is 2.13. The van der Waals surface area contributed by atoms with Gasteiger partial charge in [0.2, 0.25) is 0 Å². The molecule has 1 heterocycles. The first kappa shape index (κ1) is 13.4. The maximum Gasteiger partial charge on any atom is 0.0992 e. The predicted molar refractivity (Wildman–Crippen MR) is 88.3 cm³/mol. The second-order valence-corrected chi connectivity index (χ2v) is 5.48. The molecule has 4 nitrogen and oxygen atoms in total. The van der Waals surface area contributed by atoms with Crippen molar-refractivity contribution in [2.75, 3.05) is 11.1 Å². The van der Waals surface area contributed by atoms with Crippen LogP contribution in [0.15, 0.2) is 53.1 Å². The van der Waals surface area contributed by atoms with Gasteiger partial charge in [-0.2, -0.15) is 5.26 Å². The smallest absolute Gasteiger partial charge is 0.0992 e. The average molecular weight is 339 g/mol. The molecule has 0 aliphatic carbocycles. The van der Waals surface area contributed by atoms with Gasteiger partial charge in [-0.15, -0.1) is 0 Å². The number of halogens is 1. The molecule has 102 valence electrons. The maximum atomic E-state index is 8.97. The first-order valence-electron chi connectivity index (χ1n) is 6.28. The Hall–Kier alpha value is -2.58. The van der Waals surface area contributed by atoms with Gasteiger partial charge in [0.25, 0.3) is 0 Å². The zero-order valence-corrected chi connectivity index (χ0v) is 12.6. The molecule has 2 aromatic carbocycles. The van der Waals surface area contributed by atoms with Crippen LogP contribution in [0.2, 0.25) is 0 Å². The van der Waals surface area contributed by atoms with E-state index >= 15 is 0 Å². The lowest BCUT2D eigenvalue weighted by Gasteiger charge is -2.12. The SMILES string of the molecule is N#Cc1cccc(Nc2c(N)cnc3ccc(Br)cc23)c1. The summed E-state index contributed by atoms with van der Waals surface area (Å²) in [5, 5.41) is 13.2. The van der Waals surface area contributed by atoms with Crippen molar-refractivity contribution < 1.29 is 0 Å². The number of aromatic nitrogens is 1. The van der Waals surface area contributed by atoms with Crippen LogP contribution < -0.4 is 11.1 Å². The van der Waals surface area contributed by atoms with Gasteiger partial charge in [0.15, 0.2) is 0 Å². The zero-order chi connectivity index (χ0) is 14.8. The van der Waals surface area contributed by atoms with Gasteiger partial charge in [0.05, 0.1) is 34.7 Å². The Morgan fingerprint density at radius 2 is 2.05 bits per heavy atom. The molecule has 0 bridgehead atoms. The number of anilines is 3. The van der Waals surface area contributed by atoms with Crippen LogP contribution in [0.5, 0.6) is 0 Å². The first-order valence-corrected chi connectivity index (χ1v) is 7.07. The largest absolute Gasteiger partial charge is 0.396 e. The third-order valence-corrected chi connectivity index (χ3v) is 3.61. The lowest BCUT2D eigenvalue weighted by Crippen LogP contribution is -1.99. The Morgan fingerprint density at radius 1 is 1.19 bits per heavy atom. The molecule has 0 atom stereocenters. The number of fused-ring (bicyclic) bond motifs is 1. The van der Waals surface area contributed by atoms with Crippen molar-refractivity contribution in [2.45, 2.75) is 0 Å². The number of nitrogens with zero attached hydrogens (tertiary/aromatic N) is 2. The van der Waals surface area contributed by atoms with Crippen LogP contribution in [0.25, 0.3) is 10.9 Å². The highest BCUT2D eigenvalue weighted by atomic mass is 79.9. The van der Waals surface area contributed by atoms with Crippen molar-refractivity contribution in [1.29, 1.82) is 5.26 Å². The van der Waals surface area contributed by atoms with E-state index in [-0.39, 0.29) is 0 Å². The summed E-state index contributed by atoms with van der Waals surface area (Å²) in [5.41, 5.74) is 9.66. The molecule has 5 heteroatoms. The summed E-state index contributed by atoms with van der Waals surface area (Å²) in [4.78, 5) is 4.32. The van der Waals surface area contributed by atoms with E-state index in [4.69, 9.17) is 11.0 Å². The molecule has 0 amide bonds. The first-order chi connectivity index (χ1) is 10.2. The number of nitriles is 1. The van der Waals surface area contributed by atoms with Crippen LogP contribution in [0.1, 0.15) is 5.56 Å². The quantitative estimate of drug-likeness (QED) is 0.734. The highest BCUT2D eigenvalue weighted by Crippen LogP contribution is 2.32. The molecule has 3 aromatic rings. The standard InChI is InChI=1S/C16H11BrN4/c17-11-4-5-15-13(7-11)16(14(19)9-20-15)21-12-3-1-2-10(6-12)8-18/h1-7,9H,19H2,(H,20,21). The highest BCUT2D eigenvalue weighted by molar-refractivity contribution is 9.10. The van der Waals surface area contributed by atoms with Crippen LogP contribution in [0, 0.1) is 11.3 Å². The van der Waals surface area contributed by atoms with Crippen LogP contribution in [0.3, 0.4) is 0 Å². The summed E-state index contributed by atoms with van der Waals surface area (Å²) in [7, 11) is 0. The zero-order valence-electron chi connectivity index (χ0n) is 11.0. The number of hydrogen-bond acceptors (Lipinski definition) is 4. The topological polar surface area (TPSA) is 74.7 Å². The Kier molecular flexibility index (Phi) is 3.46. The van der Waals surface area contributed by atoms with Gasteiger partial charge >= 0.3 is 0 Å². The van der Waals surface area contributed by atoms with Gasteiger partial charge in [-0.1, -0.05) is 22.0 Å². The molecule has 3 N–H and O–H groups in total. The lowest BCUT2D eigenvalue weighted by molar-refractivity contribution is 1.40. The molecule has 0 aliphatic rings. The fourth-order valence-electron chi connectivity index (χ4n) is 2.13. The summed E-state index contributed by atoms with van der Waals surface area (Å²) < 4.78 is 0.955. The summed E-state index contributed by atoms with van der Waals surface area (Å²) in [5.74, 6) is 0. The van der Waals surface area contributed by atoms with E-state index in [2.05, 4.69) is 32.3 Å². The van der Waals surface area contributed by atoms with Crippen LogP contribution >= 0.6 is 15.9 Å². The molecular formula is C16H11BrN4. The van der Waals surface area contributed by atoms with Gasteiger partial charge < -0.3 is 11.1 Å². The summed E-state index contributed by atoms with van der Waals surface area (Å²) in [6.45, 7) is 0. The number of nitrogen functional groups attached to an aromatic ring is 1. The maximum absolute atomic E-state index is 8.97. The van der Waals surface area contributed by atoms with Gasteiger partial charge in [-0.25, -0.2) is 0 Å². The highest BCUT2D eigenvalue weighted by Gasteiger charge is 2.08. The third-order valence-electron chi connectivity index (χ3n) is 3.12. The van der Waals surface area contributed by atoms with Crippen LogP contribution in [0.4, 0.5) is 17.1 Å². The fourth-order valence-corrected chi connectivity index (χ4v) is 2.49. The van der Waals surface area contributed by atoms with Crippen molar-refractivity contribution >= 4 is 43.9 Å². The van der Waals surface area contributed by atoms with Crippen molar-refractivity contribution in [3.63, 3.8) is 0 Å². The van der Waals surface area contributed by atoms with Crippen molar-refractivity contribution in [2.24, 2.45) is 0 Å². The number of rotatable bonds is 2. The molecule has 21 heavy (non-hydrogen) atoms. The van der Waals surface area contributed by atoms with E-state index in [1.54, 1.807) is 18.3 Å². The van der Waals surface area contributed by atoms with Crippen molar-refractivity contribution in [3.05, 3.63) is 58.7 Å². The molecular weight excluding hydrogens is 328 g/mol. The minimum Gasteiger partial charge on any atom is -0.396 e. The molecule has 0 radical (unpaired) electrons. The molecule has 0 spiro atoms. The van der Waals surface area contributed by atoms with E-state index in [1.165, 1.54) is 0 Å². The Morgan fingerprint density at radius 3 is 2.86 bits per heavy atom. The van der Waals surface area contributed by atoms with Gasteiger partial charge in [0, 0.05) is 15.5 Å². The van der Waals surface area contributed by atoms with E-state index < -0.39 is 0 Å². The molecule has 0 fully saturated rings. The van der Waals surface area contributed by atoms with Crippen molar-refractivity contribution in [3.8, 4) is 6.07 Å². The van der Waals surface area contributed by atoms with Crippen LogP contribution in [-0.4, -0.2) is 4.98 Å². The van der Waals surface area contributed by atoms with E-state index in [0.717, 1.165) is 26.8 Å². The molecule has 1 aromatic heterocycles. The number of benzene rings is 2. The van der Waals surface area contributed by atoms with Gasteiger partial charge in [-0.05, 0) is 36.4 Å². The third kappa shape index (κ3) is 2.67. The minimum absolute atomic E-state index is 0.558. The second kappa shape index (κ2) is 5.43. The number of nitrogens with two attached hydrogens (primary N) is 1. The van der Waals surface area contributed by atoms with Gasteiger partial charge in [-0.3, -0.25) is 4.98 Å². The summed E-state index contributed by atoms with van der Waals surface area (Å²) in [6.07, 6.45) is 1.63. The Bertz CT molecular complexity index is 863. The molecule has 0 aliphatic heterocycles. The average Bonchev–Trinajstić information content (AvgIpc) is 2.50. The molecule has 3 rings (SSSR count). The van der Waals surface area contributed by atoms with Crippen molar-refractivity contribution in [1.82, 2.24) is 4.98 Å². The number of hydrogen-bond donors (Lipinski definition) is 2. The van der Waals surface area contributed by atoms with Gasteiger partial charge in [0.1, 0.15) is 0 Å². The minimum atomic E-state index is 0.558. The molecule has 0 saturated heterocycles. The summed E-state index contributed by atoms with van der Waals surface area (Å²) in [6, 6.07) is 15.2. The number of nitrogens with one attached hydrogen (secondary N) is 1. The van der Waals surface area contributed by atoms with E-state index in [0.29, 0.717) is 11.3 Å². The molecule has 0 unspecified atom stereocenters. The van der Waals surface area contributed by atoms with E-state index in [9.17, 15) is 0 Å². The molecule has 0 saturated carbocycles. The van der Waals surface area contributed by atoms with E-state index in [1.807, 2.05) is 30.3 Å².